The fourth-order valence-corrected chi connectivity index (χ4v) is 1.22. The summed E-state index contributed by atoms with van der Waals surface area (Å²) in [5, 5.41) is 10.1. The topological polar surface area (TPSA) is 49.5 Å². The van der Waals surface area contributed by atoms with Gasteiger partial charge in [0.05, 0.1) is 6.54 Å². The number of pyridine rings is 1. The molecule has 0 atom stereocenters. The van der Waals surface area contributed by atoms with Crippen LogP contribution in [0.5, 0.6) is 0 Å². The minimum Gasteiger partial charge on any atom is -0.458 e. The molecule has 0 unspecified atom stereocenters. The van der Waals surface area contributed by atoms with E-state index in [1.807, 2.05) is 18.2 Å². The van der Waals surface area contributed by atoms with Crippen LogP contribution in [0.3, 0.4) is 0 Å². The number of nitrogens with zero attached hydrogens (tertiary/aromatic N) is 2. The molecule has 13 heavy (non-hydrogen) atoms. The lowest BCUT2D eigenvalue weighted by Gasteiger charge is -2.02. The van der Waals surface area contributed by atoms with Gasteiger partial charge in [-0.1, -0.05) is 0 Å². The van der Waals surface area contributed by atoms with Crippen LogP contribution in [0.2, 0.25) is 0 Å². The monoisotopic (exact) mass is 178 g/mol. The molecule has 0 aliphatic carbocycles. The fourth-order valence-electron chi connectivity index (χ4n) is 1.22. The summed E-state index contributed by atoms with van der Waals surface area (Å²) in [5.74, 6) is 0.707. The molecule has 0 saturated carbocycles. The molecule has 0 bridgehead atoms. The molecule has 0 aliphatic heterocycles. The molecule has 2 aromatic heterocycles. The number of rotatable bonds is 2. The molecule has 0 spiro atoms. The summed E-state index contributed by atoms with van der Waals surface area (Å²) < 4.78 is 5.41. The highest BCUT2D eigenvalue weighted by molar-refractivity contribution is 5.72. The maximum absolute atomic E-state index is 8.98. The molecule has 68 valence electrons. The number of hydroxylamine groups is 2. The Bertz CT molecular complexity index is 376. The van der Waals surface area contributed by atoms with Gasteiger partial charge in [-0.2, -0.15) is 5.06 Å². The van der Waals surface area contributed by atoms with E-state index in [0.29, 0.717) is 12.3 Å². The zero-order valence-corrected chi connectivity index (χ0v) is 7.27. The third-order valence-corrected chi connectivity index (χ3v) is 1.72. The predicted octanol–water partition coefficient (Wildman–Crippen LogP) is 1.65. The van der Waals surface area contributed by atoms with E-state index in [4.69, 9.17) is 9.62 Å². The van der Waals surface area contributed by atoms with E-state index in [9.17, 15) is 0 Å². The van der Waals surface area contributed by atoms with E-state index in [2.05, 4.69) is 4.98 Å². The van der Waals surface area contributed by atoms with E-state index >= 15 is 0 Å². The van der Waals surface area contributed by atoms with Gasteiger partial charge in [0, 0.05) is 19.3 Å². The van der Waals surface area contributed by atoms with Crippen LogP contribution in [0, 0.1) is 0 Å². The summed E-state index contributed by atoms with van der Waals surface area (Å²) in [7, 11) is 1.57. The molecule has 4 heteroatoms. The van der Waals surface area contributed by atoms with Crippen LogP contribution in [0.25, 0.3) is 11.1 Å². The highest BCUT2D eigenvalue weighted by atomic mass is 16.5. The Kier molecular flexibility index (Phi) is 2.00. The maximum Gasteiger partial charge on any atom is 0.152 e. The van der Waals surface area contributed by atoms with Crippen molar-refractivity contribution in [2.24, 2.45) is 0 Å². The number of aromatic nitrogens is 1. The average molecular weight is 178 g/mol. The van der Waals surface area contributed by atoms with Crippen LogP contribution in [0.15, 0.2) is 28.8 Å². The van der Waals surface area contributed by atoms with E-state index in [1.54, 1.807) is 13.2 Å². The summed E-state index contributed by atoms with van der Waals surface area (Å²) in [5.41, 5.74) is 1.57. The van der Waals surface area contributed by atoms with Crippen LogP contribution in [0.4, 0.5) is 0 Å². The van der Waals surface area contributed by atoms with Crippen LogP contribution >= 0.6 is 0 Å². The number of fused-ring (bicyclic) bond motifs is 1. The number of hydrogen-bond donors (Lipinski definition) is 1. The van der Waals surface area contributed by atoms with Crippen molar-refractivity contribution in [1.82, 2.24) is 10.0 Å². The Morgan fingerprint density at radius 1 is 1.62 bits per heavy atom. The molecule has 0 aliphatic rings. The van der Waals surface area contributed by atoms with E-state index in [-0.39, 0.29) is 0 Å². The second-order valence-corrected chi connectivity index (χ2v) is 2.92. The third-order valence-electron chi connectivity index (χ3n) is 1.72. The molecule has 4 nitrogen and oxygen atoms in total. The highest BCUT2D eigenvalue weighted by Gasteiger charge is 2.04. The molecular formula is C9H10N2O2. The van der Waals surface area contributed by atoms with Crippen LogP contribution in [-0.4, -0.2) is 22.3 Å². The van der Waals surface area contributed by atoms with Gasteiger partial charge >= 0.3 is 0 Å². The van der Waals surface area contributed by atoms with Crippen molar-refractivity contribution in [2.75, 3.05) is 7.05 Å². The standard InChI is InChI=1S/C9H10N2O2/c1-11(12)6-7-5-8-9(13-7)3-2-4-10-8/h2-5,12H,6H2,1H3. The second-order valence-electron chi connectivity index (χ2n) is 2.92. The van der Waals surface area contributed by atoms with Crippen LogP contribution < -0.4 is 0 Å². The Balaban J connectivity index is 2.38. The summed E-state index contributed by atoms with van der Waals surface area (Å²) in [4.78, 5) is 4.12. The van der Waals surface area contributed by atoms with Gasteiger partial charge in [-0.25, -0.2) is 0 Å². The fraction of sp³-hybridized carbons (Fsp3) is 0.222. The lowest BCUT2D eigenvalue weighted by atomic mass is 10.4. The molecule has 2 aromatic rings. The first kappa shape index (κ1) is 8.22. The van der Waals surface area contributed by atoms with Crippen LogP contribution in [0.1, 0.15) is 5.76 Å². The third kappa shape index (κ3) is 1.68. The molecule has 0 amide bonds. The Morgan fingerprint density at radius 2 is 2.46 bits per heavy atom. The van der Waals surface area contributed by atoms with E-state index < -0.39 is 0 Å². The number of furan rings is 1. The van der Waals surface area contributed by atoms with Crippen molar-refractivity contribution in [2.45, 2.75) is 6.54 Å². The van der Waals surface area contributed by atoms with Crippen LogP contribution in [-0.2, 0) is 6.54 Å². The normalized spacial score (nSPS) is 11.3. The van der Waals surface area contributed by atoms with Crippen molar-refractivity contribution < 1.29 is 9.62 Å². The van der Waals surface area contributed by atoms with Gasteiger partial charge < -0.3 is 9.62 Å². The predicted molar refractivity (Wildman–Crippen MR) is 47.3 cm³/mol. The molecule has 2 heterocycles. The smallest absolute Gasteiger partial charge is 0.152 e. The first-order valence-corrected chi connectivity index (χ1v) is 3.99. The molecule has 0 saturated heterocycles. The Hall–Kier alpha value is -1.39. The minimum atomic E-state index is 0.371. The van der Waals surface area contributed by atoms with Crippen molar-refractivity contribution >= 4 is 11.1 Å². The summed E-state index contributed by atoms with van der Waals surface area (Å²) in [6.07, 6.45) is 1.71. The largest absolute Gasteiger partial charge is 0.458 e. The summed E-state index contributed by atoms with van der Waals surface area (Å²) in [6.45, 7) is 0.371. The van der Waals surface area contributed by atoms with Crippen molar-refractivity contribution in [1.29, 1.82) is 0 Å². The quantitative estimate of drug-likeness (QED) is 0.710. The second kappa shape index (κ2) is 3.16. The molecule has 1 N–H and O–H groups in total. The van der Waals surface area contributed by atoms with Crippen molar-refractivity contribution in [3.8, 4) is 0 Å². The lowest BCUT2D eigenvalue weighted by Crippen LogP contribution is -2.10. The maximum atomic E-state index is 8.98. The Labute approximate surface area is 75.4 Å². The van der Waals surface area contributed by atoms with Gasteiger partial charge in [0.15, 0.2) is 5.58 Å². The Morgan fingerprint density at radius 3 is 3.15 bits per heavy atom. The summed E-state index contributed by atoms with van der Waals surface area (Å²) >= 11 is 0. The zero-order valence-electron chi connectivity index (χ0n) is 7.27. The average Bonchev–Trinajstić information content (AvgIpc) is 2.44. The lowest BCUT2D eigenvalue weighted by molar-refractivity contribution is -0.0771. The highest BCUT2D eigenvalue weighted by Crippen LogP contribution is 2.16. The molecular weight excluding hydrogens is 168 g/mol. The SMILES string of the molecule is CN(O)Cc1cc2ncccc2o1. The molecule has 0 fully saturated rings. The van der Waals surface area contributed by atoms with Crippen molar-refractivity contribution in [3.63, 3.8) is 0 Å². The molecule has 0 radical (unpaired) electrons. The van der Waals surface area contributed by atoms with Crippen molar-refractivity contribution in [3.05, 3.63) is 30.2 Å². The number of hydrogen-bond acceptors (Lipinski definition) is 4. The van der Waals surface area contributed by atoms with E-state index in [0.717, 1.165) is 16.2 Å². The van der Waals surface area contributed by atoms with Gasteiger partial charge in [0.25, 0.3) is 0 Å². The molecule has 2 rings (SSSR count). The zero-order chi connectivity index (χ0) is 9.26. The van der Waals surface area contributed by atoms with Gasteiger partial charge in [-0.15, -0.1) is 0 Å². The van der Waals surface area contributed by atoms with Gasteiger partial charge in [0.2, 0.25) is 0 Å². The molecule has 0 aromatic carbocycles. The first-order valence-electron chi connectivity index (χ1n) is 3.99. The van der Waals surface area contributed by atoms with Gasteiger partial charge in [0.1, 0.15) is 11.3 Å². The first-order chi connectivity index (χ1) is 6.25. The van der Waals surface area contributed by atoms with Gasteiger partial charge in [-0.05, 0) is 12.1 Å². The summed E-state index contributed by atoms with van der Waals surface area (Å²) in [6, 6.07) is 5.49. The van der Waals surface area contributed by atoms with Gasteiger partial charge in [-0.3, -0.25) is 4.98 Å². The minimum absolute atomic E-state index is 0.371. The van der Waals surface area contributed by atoms with E-state index in [1.165, 1.54) is 0 Å².